The van der Waals surface area contributed by atoms with Gasteiger partial charge < -0.3 is 95.3 Å². The Kier molecular flexibility index (Phi) is 28.6. The molecule has 8 rings (SSSR count). The average molecular weight is 1460 g/mol. The summed E-state index contributed by atoms with van der Waals surface area (Å²) in [4.78, 5) is 204. The summed E-state index contributed by atoms with van der Waals surface area (Å²) in [5.41, 5.74) is 21.3. The van der Waals surface area contributed by atoms with Crippen molar-refractivity contribution < 1.29 is 72.2 Å². The molecule has 1 aliphatic rings. The van der Waals surface area contributed by atoms with Crippen LogP contribution in [0.4, 0.5) is 0 Å². The topological polar surface area (TPSA) is 508 Å². The van der Waals surface area contributed by atoms with Gasteiger partial charge in [0.1, 0.15) is 60.4 Å². The maximum Gasteiger partial charge on any atom is 0.305 e. The number of hydrogen-bond donors (Lipinski definition) is 17. The summed E-state index contributed by atoms with van der Waals surface area (Å²) < 4.78 is 0. The van der Waals surface area contributed by atoms with E-state index in [1.54, 1.807) is 99.2 Å². The lowest BCUT2D eigenvalue weighted by molar-refractivity contribution is -0.142. The number of amides is 13. The minimum atomic E-state index is -1.64. The van der Waals surface area contributed by atoms with E-state index < -0.39 is 168 Å². The molecule has 1 fully saturated rings. The van der Waals surface area contributed by atoms with Gasteiger partial charge in [-0.25, -0.2) is 0 Å². The number of aliphatic carboxylic acids is 1. The number of hydrogen-bond acceptors (Lipinski definition) is 15. The molecule has 1 aliphatic heterocycles. The lowest BCUT2D eigenvalue weighted by atomic mass is 9.97. The molecule has 0 spiro atoms. The van der Waals surface area contributed by atoms with Crippen molar-refractivity contribution in [3.63, 3.8) is 0 Å². The van der Waals surface area contributed by atoms with Crippen LogP contribution >= 0.6 is 0 Å². The second-order valence-corrected chi connectivity index (χ2v) is 26.5. The Balaban J connectivity index is 1.04. The molecule has 0 radical (unpaired) electrons. The molecule has 1 saturated heterocycles. The number of carbonyl (C=O) groups excluding carboxylic acids is 13. The number of benzene rings is 4. The second kappa shape index (κ2) is 38.0. The number of likely N-dealkylation sites (tertiary alicyclic amines) is 1. The van der Waals surface area contributed by atoms with Gasteiger partial charge in [0.25, 0.3) is 0 Å². The van der Waals surface area contributed by atoms with Crippen LogP contribution in [-0.4, -0.2) is 188 Å². The van der Waals surface area contributed by atoms with Gasteiger partial charge in [-0.05, 0) is 91.9 Å². The Morgan fingerprint density at radius 2 is 0.972 bits per heavy atom. The summed E-state index contributed by atoms with van der Waals surface area (Å²) in [6, 6.07) is 16.0. The van der Waals surface area contributed by atoms with Crippen LogP contribution in [0.15, 0.2) is 122 Å². The molecule has 0 bridgehead atoms. The summed E-state index contributed by atoms with van der Waals surface area (Å²) in [5, 5.41) is 37.8. The average Bonchev–Trinajstić information content (AvgIpc) is 1.63. The minimum absolute atomic E-state index is 0.0353. The molecule has 0 aliphatic carbocycles. The van der Waals surface area contributed by atoms with Gasteiger partial charge in [-0.15, -0.1) is 0 Å². The molecule has 32 nitrogen and oxygen atoms in total. The van der Waals surface area contributed by atoms with Crippen LogP contribution < -0.4 is 70.4 Å². The highest BCUT2D eigenvalue weighted by molar-refractivity contribution is 6.01. The molecule has 13 amide bonds. The lowest BCUT2D eigenvalue weighted by Crippen LogP contribution is -2.61. The van der Waals surface area contributed by atoms with Crippen LogP contribution in [0.5, 0.6) is 0 Å². The fourth-order valence-corrected chi connectivity index (χ4v) is 12.8. The number of unbranched alkanes of at least 4 members (excludes halogenated alkanes) is 1. The zero-order valence-electron chi connectivity index (χ0n) is 59.3. The standard InChI is InChI=1S/C74H93N17O15/c1-5-40(2)64(73(105)88-55(30-43-18-7-6-8-19-43)68(100)84-54(65(77)97)35-63(95)96)90-62(94)39-81-72(104)60-27-17-29-91(60)74(106)59(33-46-38-80-52-25-14-11-22-49(46)52)89-70(102)57(32-45-37-79-51-24-13-10-21-48(45)51)86-67(99)53(26-15-16-28-75)83-69(101)56(31-44-36-78-50-23-12-9-20-47(44)50)87-71(103)58(34-61(76)93)85-66(98)41(3)82-42(4)92/h6-14,18-25,36-38,40-41,53-60,64,78-80H,5,15-17,26-35,39,75H2,1-4H3,(H2,76,93)(H2,77,97)(H,81,104)(H,82,92)(H,83,101)(H,84,100)(H,85,98)(H,86,99)(H,87,103)(H,88,105)(H,89,102)(H,90,94)(H,95,96)/t40-,41-,53-,54-,55-,56-,57-,58-,59-,60-,64-/m0/s1. The molecule has 20 N–H and O–H groups in total. The van der Waals surface area contributed by atoms with Crippen LogP contribution in [0.1, 0.15) is 101 Å². The Bertz CT molecular complexity index is 4340. The molecule has 32 heteroatoms. The number of nitrogens with one attached hydrogen (secondary N) is 13. The van der Waals surface area contributed by atoms with Gasteiger partial charge in [-0.2, -0.15) is 0 Å². The van der Waals surface area contributed by atoms with Crippen LogP contribution in [0.25, 0.3) is 32.7 Å². The molecule has 11 atom stereocenters. The molecule has 4 heterocycles. The number of aromatic nitrogens is 3. The van der Waals surface area contributed by atoms with Crippen molar-refractivity contribution in [3.8, 4) is 0 Å². The number of nitrogens with two attached hydrogens (primary N) is 3. The van der Waals surface area contributed by atoms with Gasteiger partial charge >= 0.3 is 5.97 Å². The molecule has 3 aromatic heterocycles. The quantitative estimate of drug-likeness (QED) is 0.0224. The Labute approximate surface area is 610 Å². The van der Waals surface area contributed by atoms with Crippen molar-refractivity contribution in [2.75, 3.05) is 19.6 Å². The smallest absolute Gasteiger partial charge is 0.305 e. The van der Waals surface area contributed by atoms with Gasteiger partial charge in [0.2, 0.25) is 76.8 Å². The van der Waals surface area contributed by atoms with E-state index in [0.717, 1.165) is 0 Å². The van der Waals surface area contributed by atoms with Crippen LogP contribution in [0.2, 0.25) is 0 Å². The molecule has 0 saturated carbocycles. The zero-order chi connectivity index (χ0) is 76.7. The number of fused-ring (bicyclic) bond motifs is 3. The summed E-state index contributed by atoms with van der Waals surface area (Å²) in [6.07, 6.45) is 4.24. The van der Waals surface area contributed by atoms with E-state index >= 15 is 19.2 Å². The Morgan fingerprint density at radius 3 is 1.47 bits per heavy atom. The van der Waals surface area contributed by atoms with Gasteiger partial charge in [-0.3, -0.25) is 67.1 Å². The third-order valence-electron chi connectivity index (χ3n) is 18.6. The highest BCUT2D eigenvalue weighted by Gasteiger charge is 2.41. The predicted molar refractivity (Wildman–Crippen MR) is 390 cm³/mol. The fraction of sp³-hybridized carbons (Fsp3) is 0.405. The number of H-pyrrole nitrogens is 3. The Hall–Kier alpha value is -12.0. The first-order valence-electron chi connectivity index (χ1n) is 35.2. The van der Waals surface area contributed by atoms with Crippen LogP contribution in [0, 0.1) is 5.92 Å². The predicted octanol–water partition coefficient (Wildman–Crippen LogP) is -0.0782. The maximum atomic E-state index is 15.5. The van der Waals surface area contributed by atoms with E-state index in [-0.39, 0.29) is 58.0 Å². The van der Waals surface area contributed by atoms with Crippen molar-refractivity contribution in [2.24, 2.45) is 23.1 Å². The van der Waals surface area contributed by atoms with Crippen molar-refractivity contribution in [1.29, 1.82) is 0 Å². The number of aromatic amines is 3. The highest BCUT2D eigenvalue weighted by Crippen LogP contribution is 2.26. The molecular weight excluding hydrogens is 1370 g/mol. The van der Waals surface area contributed by atoms with E-state index in [4.69, 9.17) is 17.2 Å². The van der Waals surface area contributed by atoms with Gasteiger partial charge in [-0.1, -0.05) is 105 Å². The molecule has 4 aromatic carbocycles. The summed E-state index contributed by atoms with van der Waals surface area (Å²) >= 11 is 0. The first kappa shape index (κ1) is 79.7. The fourth-order valence-electron chi connectivity index (χ4n) is 12.8. The number of carboxylic acid groups (broad SMARTS) is 1. The minimum Gasteiger partial charge on any atom is -0.481 e. The molecular formula is C74H93N17O15. The van der Waals surface area contributed by atoms with Gasteiger partial charge in [0.15, 0.2) is 0 Å². The van der Waals surface area contributed by atoms with Crippen molar-refractivity contribution in [1.82, 2.24) is 73.0 Å². The Morgan fingerprint density at radius 1 is 0.519 bits per heavy atom. The monoisotopic (exact) mass is 1460 g/mol. The maximum absolute atomic E-state index is 15.5. The summed E-state index contributed by atoms with van der Waals surface area (Å²) in [5.74, 6) is -13.1. The number of carboxylic acids is 1. The van der Waals surface area contributed by atoms with Crippen molar-refractivity contribution in [2.45, 2.75) is 165 Å². The first-order valence-corrected chi connectivity index (χ1v) is 35.2. The molecule has 564 valence electrons. The summed E-state index contributed by atoms with van der Waals surface area (Å²) in [6.45, 7) is 5.53. The highest BCUT2D eigenvalue weighted by atomic mass is 16.4. The molecule has 0 unspecified atom stereocenters. The lowest BCUT2D eigenvalue weighted by Gasteiger charge is -2.30. The summed E-state index contributed by atoms with van der Waals surface area (Å²) in [7, 11) is 0. The number of rotatable bonds is 39. The van der Waals surface area contributed by atoms with Crippen LogP contribution in [-0.2, 0) is 92.8 Å². The zero-order valence-corrected chi connectivity index (χ0v) is 59.3. The van der Waals surface area contributed by atoms with Gasteiger partial charge in [0, 0.05) is 90.5 Å². The number of primary amides is 2. The van der Waals surface area contributed by atoms with E-state index in [2.05, 4.69) is 68.1 Å². The van der Waals surface area contributed by atoms with E-state index in [0.29, 0.717) is 74.2 Å². The van der Waals surface area contributed by atoms with Gasteiger partial charge in [0.05, 0.1) is 19.4 Å². The SMILES string of the molecule is CC[C@H](C)[C@H](NC(=O)CNC(=O)[C@@H]1CCCN1C(=O)[C@H](Cc1c[nH]c2ccccc12)NC(=O)[C@H](Cc1c[nH]c2ccccc12)NC(=O)[C@H](CCCCN)NC(=O)[C@H](Cc1c[nH]c2ccccc12)NC(=O)[C@H](CC(N)=O)NC(=O)[C@H](C)NC(C)=O)C(=O)N[C@@H](Cc1ccccc1)C(=O)N[C@@H](CC(=O)O)C(N)=O. The number of para-hydroxylation sites is 3. The molecule has 7 aromatic rings. The van der Waals surface area contributed by atoms with E-state index in [1.165, 1.54) is 18.7 Å². The van der Waals surface area contributed by atoms with Crippen molar-refractivity contribution >= 4 is 115 Å². The van der Waals surface area contributed by atoms with Crippen molar-refractivity contribution in [3.05, 3.63) is 144 Å². The third-order valence-corrected chi connectivity index (χ3v) is 18.6. The molecule has 106 heavy (non-hydrogen) atoms. The second-order valence-electron chi connectivity index (χ2n) is 26.5. The van der Waals surface area contributed by atoms with E-state index in [9.17, 15) is 53.1 Å². The number of nitrogens with zero attached hydrogens (tertiary/aromatic N) is 1. The third kappa shape index (κ3) is 22.0. The normalized spacial score (nSPS) is 15.5. The largest absolute Gasteiger partial charge is 0.481 e. The van der Waals surface area contributed by atoms with Crippen LogP contribution in [0.3, 0.4) is 0 Å². The number of carbonyl (C=O) groups is 14. The first-order chi connectivity index (χ1) is 50.7. The van der Waals surface area contributed by atoms with E-state index in [1.807, 2.05) is 36.4 Å².